The number of aryl methyl sites for hydroxylation is 1. The van der Waals surface area contributed by atoms with Crippen LogP contribution < -0.4 is 5.32 Å². The fraction of sp³-hybridized carbons (Fsp3) is 0.667. The van der Waals surface area contributed by atoms with E-state index in [1.165, 1.54) is 36.8 Å². The highest BCUT2D eigenvalue weighted by atomic mass is 32.2. The largest absolute Gasteiger partial charge is 0.465 e. The highest BCUT2D eigenvalue weighted by molar-refractivity contribution is 7.86. The van der Waals surface area contributed by atoms with Crippen molar-refractivity contribution in [2.75, 3.05) is 39.6 Å². The number of thiophene rings is 1. The molecule has 1 N–H and O–H groups in total. The summed E-state index contributed by atoms with van der Waals surface area (Å²) in [6, 6.07) is 0. The first-order valence-corrected chi connectivity index (χ1v) is 11.7. The van der Waals surface area contributed by atoms with Crippen LogP contribution in [0.4, 0.5) is 5.00 Å². The van der Waals surface area contributed by atoms with Crippen LogP contribution in [0.1, 0.15) is 46.5 Å². The smallest absolute Gasteiger partial charge is 0.341 e. The first-order valence-electron chi connectivity index (χ1n) is 9.47. The highest BCUT2D eigenvalue weighted by Crippen LogP contribution is 2.39. The summed E-state index contributed by atoms with van der Waals surface area (Å²) in [6.07, 6.45) is 5.03. The second-order valence-corrected chi connectivity index (χ2v) is 10.6. The van der Waals surface area contributed by atoms with Gasteiger partial charge in [0.15, 0.2) is 0 Å². The van der Waals surface area contributed by atoms with Gasteiger partial charge in [0.05, 0.1) is 18.6 Å². The molecule has 10 heteroatoms. The summed E-state index contributed by atoms with van der Waals surface area (Å²) < 4.78 is 32.2. The third kappa shape index (κ3) is 4.10. The minimum Gasteiger partial charge on any atom is -0.465 e. The maximum Gasteiger partial charge on any atom is 0.341 e. The number of amides is 1. The number of piperidine rings is 1. The van der Waals surface area contributed by atoms with Crippen LogP contribution in [0.25, 0.3) is 0 Å². The van der Waals surface area contributed by atoms with E-state index < -0.39 is 22.1 Å². The summed E-state index contributed by atoms with van der Waals surface area (Å²) in [5.74, 6) is -1.13. The van der Waals surface area contributed by atoms with Crippen molar-refractivity contribution in [2.24, 2.45) is 5.92 Å². The first-order chi connectivity index (χ1) is 13.3. The summed E-state index contributed by atoms with van der Waals surface area (Å²) in [7, 11) is 0.755. The average Bonchev–Trinajstić information content (AvgIpc) is 3.05. The molecule has 1 aliphatic heterocycles. The minimum absolute atomic E-state index is 0.144. The quantitative estimate of drug-likeness (QED) is 0.721. The standard InChI is InChI=1S/C18H27N3O5S2/c1-20(2)28(24,25)21-10-6-7-12(11-21)16(22)19-17-15(18(23)26-3)13-8-4-5-9-14(13)27-17/h12H,4-11H2,1-3H3,(H,19,22)/t12-/m0/s1. The summed E-state index contributed by atoms with van der Waals surface area (Å²) in [6.45, 7) is 0.552. The SMILES string of the molecule is COC(=O)c1c(NC(=O)[C@H]2CCCN(S(=O)(=O)N(C)C)C2)sc2c1CCCC2. The molecule has 1 atom stereocenters. The van der Waals surface area contributed by atoms with Crippen LogP contribution in [-0.2, 0) is 32.6 Å². The molecule has 1 aromatic heterocycles. The van der Waals surface area contributed by atoms with Gasteiger partial charge >= 0.3 is 5.97 Å². The van der Waals surface area contributed by atoms with Gasteiger partial charge in [-0.3, -0.25) is 4.79 Å². The lowest BCUT2D eigenvalue weighted by molar-refractivity contribution is -0.120. The van der Waals surface area contributed by atoms with Crippen LogP contribution >= 0.6 is 11.3 Å². The summed E-state index contributed by atoms with van der Waals surface area (Å²) in [4.78, 5) is 26.3. The van der Waals surface area contributed by atoms with Crippen LogP contribution in [0.15, 0.2) is 0 Å². The highest BCUT2D eigenvalue weighted by Gasteiger charge is 2.35. The molecule has 1 amide bonds. The van der Waals surface area contributed by atoms with Gasteiger partial charge < -0.3 is 10.1 Å². The number of ether oxygens (including phenoxy) is 1. The number of carbonyl (C=O) groups is 2. The van der Waals surface area contributed by atoms with Crippen molar-refractivity contribution in [1.29, 1.82) is 0 Å². The normalized spacial score (nSPS) is 20.6. The van der Waals surface area contributed by atoms with Gasteiger partial charge in [-0.15, -0.1) is 11.3 Å². The number of hydrogen-bond donors (Lipinski definition) is 1. The Morgan fingerprint density at radius 2 is 1.93 bits per heavy atom. The molecule has 3 rings (SSSR count). The van der Waals surface area contributed by atoms with E-state index in [-0.39, 0.29) is 12.5 Å². The number of carbonyl (C=O) groups excluding carboxylic acids is 2. The van der Waals surface area contributed by atoms with Gasteiger partial charge in [0, 0.05) is 32.1 Å². The second kappa shape index (κ2) is 8.48. The summed E-state index contributed by atoms with van der Waals surface area (Å²) in [5.41, 5.74) is 1.45. The maximum atomic E-state index is 12.9. The van der Waals surface area contributed by atoms with Crippen LogP contribution in [0.2, 0.25) is 0 Å². The van der Waals surface area contributed by atoms with Gasteiger partial charge in [-0.25, -0.2) is 4.79 Å². The van der Waals surface area contributed by atoms with E-state index >= 15 is 0 Å². The Kier molecular flexibility index (Phi) is 6.43. The number of methoxy groups -OCH3 is 1. The van der Waals surface area contributed by atoms with Gasteiger partial charge in [0.1, 0.15) is 5.00 Å². The zero-order valence-corrected chi connectivity index (χ0v) is 18.1. The van der Waals surface area contributed by atoms with Crippen molar-refractivity contribution in [3.63, 3.8) is 0 Å². The van der Waals surface area contributed by atoms with E-state index in [0.29, 0.717) is 30.0 Å². The molecule has 8 nitrogen and oxygen atoms in total. The number of rotatable bonds is 5. The van der Waals surface area contributed by atoms with Gasteiger partial charge in [-0.1, -0.05) is 0 Å². The lowest BCUT2D eigenvalue weighted by Gasteiger charge is -2.32. The Labute approximate surface area is 170 Å². The number of nitrogens with zero attached hydrogens (tertiary/aromatic N) is 2. The zero-order chi connectivity index (χ0) is 20.5. The molecule has 0 saturated carbocycles. The number of fused-ring (bicyclic) bond motifs is 1. The maximum absolute atomic E-state index is 12.9. The molecule has 156 valence electrons. The molecular formula is C18H27N3O5S2. The number of hydrogen-bond acceptors (Lipinski definition) is 6. The van der Waals surface area contributed by atoms with Crippen LogP contribution in [0, 0.1) is 5.92 Å². The van der Waals surface area contributed by atoms with Crippen LogP contribution in [-0.4, -0.2) is 63.2 Å². The second-order valence-electron chi connectivity index (χ2n) is 7.38. The summed E-state index contributed by atoms with van der Waals surface area (Å²) >= 11 is 1.44. The van der Waals surface area contributed by atoms with Crippen molar-refractivity contribution >= 4 is 38.4 Å². The topological polar surface area (TPSA) is 96.0 Å². The molecule has 0 aromatic carbocycles. The zero-order valence-electron chi connectivity index (χ0n) is 16.5. The van der Waals surface area contributed by atoms with Gasteiger partial charge in [-0.05, 0) is 44.1 Å². The predicted molar refractivity (Wildman–Crippen MR) is 108 cm³/mol. The van der Waals surface area contributed by atoms with Gasteiger partial charge in [0.2, 0.25) is 5.91 Å². The third-order valence-corrected chi connectivity index (χ3v) is 8.45. The van der Waals surface area contributed by atoms with E-state index in [0.717, 1.165) is 40.4 Å². The van der Waals surface area contributed by atoms with Crippen LogP contribution in [0.3, 0.4) is 0 Å². The van der Waals surface area contributed by atoms with E-state index in [1.807, 2.05) is 0 Å². The number of nitrogens with one attached hydrogen (secondary N) is 1. The van der Waals surface area contributed by atoms with E-state index in [2.05, 4.69) is 5.32 Å². The molecule has 0 unspecified atom stereocenters. The van der Waals surface area contributed by atoms with Crippen molar-refractivity contribution < 1.29 is 22.7 Å². The molecular weight excluding hydrogens is 402 g/mol. The Balaban J connectivity index is 1.79. The Morgan fingerprint density at radius 1 is 1.21 bits per heavy atom. The van der Waals surface area contributed by atoms with E-state index in [4.69, 9.17) is 4.74 Å². The van der Waals surface area contributed by atoms with Crippen molar-refractivity contribution in [3.05, 3.63) is 16.0 Å². The molecule has 1 saturated heterocycles. The molecule has 2 aliphatic rings. The molecule has 1 aromatic rings. The van der Waals surface area contributed by atoms with E-state index in [1.54, 1.807) is 0 Å². The molecule has 2 heterocycles. The molecule has 0 bridgehead atoms. The van der Waals surface area contributed by atoms with E-state index in [9.17, 15) is 18.0 Å². The number of anilines is 1. The molecule has 1 aliphatic carbocycles. The van der Waals surface area contributed by atoms with Crippen LogP contribution in [0.5, 0.6) is 0 Å². The Hall–Kier alpha value is -1.49. The molecule has 1 fully saturated rings. The van der Waals surface area contributed by atoms with Crippen molar-refractivity contribution in [1.82, 2.24) is 8.61 Å². The third-order valence-electron chi connectivity index (χ3n) is 5.34. The Morgan fingerprint density at radius 3 is 2.61 bits per heavy atom. The first kappa shape index (κ1) is 21.2. The Bertz CT molecular complexity index is 863. The molecule has 0 spiro atoms. The van der Waals surface area contributed by atoms with Crippen molar-refractivity contribution in [2.45, 2.75) is 38.5 Å². The van der Waals surface area contributed by atoms with Gasteiger partial charge in [0.25, 0.3) is 10.2 Å². The lowest BCUT2D eigenvalue weighted by atomic mass is 9.95. The summed E-state index contributed by atoms with van der Waals surface area (Å²) in [5, 5.41) is 3.42. The average molecular weight is 430 g/mol. The lowest BCUT2D eigenvalue weighted by Crippen LogP contribution is -2.47. The van der Waals surface area contributed by atoms with Gasteiger partial charge in [-0.2, -0.15) is 17.0 Å². The monoisotopic (exact) mass is 429 g/mol. The number of esters is 1. The molecule has 0 radical (unpaired) electrons. The van der Waals surface area contributed by atoms with Crippen molar-refractivity contribution in [3.8, 4) is 0 Å². The predicted octanol–water partition coefficient (Wildman–Crippen LogP) is 1.87. The fourth-order valence-electron chi connectivity index (χ4n) is 3.78. The minimum atomic E-state index is -3.55. The fourth-order valence-corrected chi connectivity index (χ4v) is 6.25. The molecule has 28 heavy (non-hydrogen) atoms.